The summed E-state index contributed by atoms with van der Waals surface area (Å²) in [6.07, 6.45) is 3.99. The number of nitrogens with two attached hydrogens (primary N) is 1. The predicted octanol–water partition coefficient (Wildman–Crippen LogP) is 2.16. The number of nitrogen functional groups attached to an aromatic ring is 1. The summed E-state index contributed by atoms with van der Waals surface area (Å²) in [7, 11) is 1.72. The largest absolute Gasteiger partial charge is 0.385 e. The van der Waals surface area contributed by atoms with E-state index in [1.165, 1.54) is 0 Å². The Morgan fingerprint density at radius 2 is 2.06 bits per heavy atom. The van der Waals surface area contributed by atoms with Crippen molar-refractivity contribution in [3.05, 3.63) is 11.4 Å². The third kappa shape index (κ3) is 4.49. The monoisotopic (exact) mass is 252 g/mol. The van der Waals surface area contributed by atoms with Gasteiger partial charge in [-0.15, -0.1) is 0 Å². The Morgan fingerprint density at radius 3 is 2.72 bits per heavy atom. The lowest BCUT2D eigenvalue weighted by Gasteiger charge is -2.11. The van der Waals surface area contributed by atoms with Crippen LogP contribution in [0.15, 0.2) is 0 Å². The van der Waals surface area contributed by atoms with Crippen molar-refractivity contribution in [1.82, 2.24) is 9.97 Å². The molecular weight excluding hydrogens is 228 g/mol. The molecule has 0 aliphatic carbocycles. The van der Waals surface area contributed by atoms with E-state index in [0.717, 1.165) is 56.0 Å². The number of hydrogen-bond acceptors (Lipinski definition) is 5. The Bertz CT molecular complexity index is 368. The lowest BCUT2D eigenvalue weighted by atomic mass is 10.2. The number of rotatable bonds is 8. The van der Waals surface area contributed by atoms with Crippen LogP contribution in [0.5, 0.6) is 0 Å². The Labute approximate surface area is 109 Å². The number of nitrogens with one attached hydrogen (secondary N) is 1. The molecule has 3 N–H and O–H groups in total. The second-order valence-corrected chi connectivity index (χ2v) is 4.38. The van der Waals surface area contributed by atoms with Crippen molar-refractivity contribution < 1.29 is 4.74 Å². The molecule has 5 nitrogen and oxygen atoms in total. The van der Waals surface area contributed by atoms with Crippen LogP contribution in [0.3, 0.4) is 0 Å². The smallest absolute Gasteiger partial charge is 0.134 e. The Hall–Kier alpha value is -1.36. The number of unbranched alkanes of at least 4 members (excludes halogenated alkanes) is 1. The summed E-state index contributed by atoms with van der Waals surface area (Å²) < 4.78 is 5.01. The number of hydrogen-bond donors (Lipinski definition) is 2. The minimum absolute atomic E-state index is 0.577. The molecule has 102 valence electrons. The summed E-state index contributed by atoms with van der Waals surface area (Å²) in [6, 6.07) is 0. The second-order valence-electron chi connectivity index (χ2n) is 4.38. The van der Waals surface area contributed by atoms with E-state index in [0.29, 0.717) is 5.82 Å². The topological polar surface area (TPSA) is 73.1 Å². The van der Waals surface area contributed by atoms with Gasteiger partial charge in [0.2, 0.25) is 0 Å². The number of nitrogens with zero attached hydrogens (tertiary/aromatic N) is 2. The fourth-order valence-corrected chi connectivity index (χ4v) is 1.67. The summed E-state index contributed by atoms with van der Waals surface area (Å²) in [6.45, 7) is 5.74. The molecule has 1 rings (SSSR count). The summed E-state index contributed by atoms with van der Waals surface area (Å²) in [5.41, 5.74) is 6.82. The maximum atomic E-state index is 5.89. The van der Waals surface area contributed by atoms with Crippen LogP contribution in [-0.2, 0) is 11.2 Å². The van der Waals surface area contributed by atoms with Crippen LogP contribution in [0, 0.1) is 6.92 Å². The summed E-state index contributed by atoms with van der Waals surface area (Å²) >= 11 is 0. The molecule has 0 bridgehead atoms. The fraction of sp³-hybridized carbons (Fsp3) is 0.692. The van der Waals surface area contributed by atoms with Crippen molar-refractivity contribution in [2.24, 2.45) is 0 Å². The first-order valence-electron chi connectivity index (χ1n) is 6.54. The molecule has 0 saturated carbocycles. The molecule has 0 aliphatic heterocycles. The summed E-state index contributed by atoms with van der Waals surface area (Å²) in [5, 5.41) is 3.32. The van der Waals surface area contributed by atoms with Gasteiger partial charge in [-0.3, -0.25) is 0 Å². The average Bonchev–Trinajstić information content (AvgIpc) is 2.35. The first kappa shape index (κ1) is 14.7. The van der Waals surface area contributed by atoms with Crippen LogP contribution in [0.1, 0.15) is 37.6 Å². The standard InChI is InChI=1S/C13H24N4O/c1-4-7-11-16-12(14)10(2)13(17-11)15-8-5-6-9-18-3/h4-9H2,1-3H3,(H3,14,15,16,17). The minimum Gasteiger partial charge on any atom is -0.385 e. The predicted molar refractivity (Wildman–Crippen MR) is 74.8 cm³/mol. The van der Waals surface area contributed by atoms with Gasteiger partial charge in [0.1, 0.15) is 17.5 Å². The molecule has 0 radical (unpaired) electrons. The zero-order valence-corrected chi connectivity index (χ0v) is 11.6. The zero-order chi connectivity index (χ0) is 13.4. The number of methoxy groups -OCH3 is 1. The molecule has 0 spiro atoms. The van der Waals surface area contributed by atoms with Gasteiger partial charge >= 0.3 is 0 Å². The molecule has 0 fully saturated rings. The van der Waals surface area contributed by atoms with E-state index >= 15 is 0 Å². The molecule has 1 aromatic heterocycles. The van der Waals surface area contributed by atoms with E-state index in [4.69, 9.17) is 10.5 Å². The number of ether oxygens (including phenoxy) is 1. The maximum Gasteiger partial charge on any atom is 0.134 e. The molecule has 5 heteroatoms. The van der Waals surface area contributed by atoms with E-state index in [2.05, 4.69) is 22.2 Å². The van der Waals surface area contributed by atoms with Gasteiger partial charge in [-0.05, 0) is 26.2 Å². The molecule has 1 heterocycles. The van der Waals surface area contributed by atoms with Crippen LogP contribution in [0.25, 0.3) is 0 Å². The molecule has 0 saturated heterocycles. The van der Waals surface area contributed by atoms with Crippen molar-refractivity contribution in [2.75, 3.05) is 31.3 Å². The third-order valence-electron chi connectivity index (χ3n) is 2.77. The summed E-state index contributed by atoms with van der Waals surface area (Å²) in [4.78, 5) is 8.79. The van der Waals surface area contributed by atoms with Gasteiger partial charge in [-0.2, -0.15) is 0 Å². The highest BCUT2D eigenvalue weighted by molar-refractivity contribution is 5.54. The molecular formula is C13H24N4O. The highest BCUT2D eigenvalue weighted by Gasteiger charge is 2.07. The molecule has 0 atom stereocenters. The van der Waals surface area contributed by atoms with Crippen molar-refractivity contribution >= 4 is 11.6 Å². The van der Waals surface area contributed by atoms with Crippen molar-refractivity contribution in [2.45, 2.75) is 39.5 Å². The number of aromatic nitrogens is 2. The van der Waals surface area contributed by atoms with Gasteiger partial charge < -0.3 is 15.8 Å². The minimum atomic E-state index is 0.577. The lowest BCUT2D eigenvalue weighted by Crippen LogP contribution is -2.11. The van der Waals surface area contributed by atoms with Gasteiger partial charge in [-0.1, -0.05) is 6.92 Å². The highest BCUT2D eigenvalue weighted by atomic mass is 16.5. The van der Waals surface area contributed by atoms with Crippen LogP contribution in [0.4, 0.5) is 11.6 Å². The SMILES string of the molecule is CCCc1nc(N)c(C)c(NCCCCOC)n1. The van der Waals surface area contributed by atoms with Crippen molar-refractivity contribution in [1.29, 1.82) is 0 Å². The molecule has 0 amide bonds. The molecule has 18 heavy (non-hydrogen) atoms. The van der Waals surface area contributed by atoms with E-state index in [-0.39, 0.29) is 0 Å². The average molecular weight is 252 g/mol. The van der Waals surface area contributed by atoms with Crippen LogP contribution < -0.4 is 11.1 Å². The van der Waals surface area contributed by atoms with Gasteiger partial charge in [0.05, 0.1) is 0 Å². The van der Waals surface area contributed by atoms with E-state index in [1.54, 1.807) is 7.11 Å². The molecule has 0 aliphatic rings. The normalized spacial score (nSPS) is 10.6. The van der Waals surface area contributed by atoms with Crippen LogP contribution >= 0.6 is 0 Å². The van der Waals surface area contributed by atoms with E-state index in [1.807, 2.05) is 6.92 Å². The van der Waals surface area contributed by atoms with Gasteiger partial charge in [0, 0.05) is 32.2 Å². The quantitative estimate of drug-likeness (QED) is 0.694. The number of aryl methyl sites for hydroxylation is 1. The Kier molecular flexibility index (Phi) is 6.43. The van der Waals surface area contributed by atoms with Crippen LogP contribution in [-0.4, -0.2) is 30.2 Å². The van der Waals surface area contributed by atoms with Gasteiger partial charge in [0.25, 0.3) is 0 Å². The first-order chi connectivity index (χ1) is 8.69. The van der Waals surface area contributed by atoms with Crippen molar-refractivity contribution in [3.8, 4) is 0 Å². The number of anilines is 2. The zero-order valence-electron chi connectivity index (χ0n) is 11.6. The van der Waals surface area contributed by atoms with Gasteiger partial charge in [-0.25, -0.2) is 9.97 Å². The highest BCUT2D eigenvalue weighted by Crippen LogP contribution is 2.17. The second kappa shape index (κ2) is 7.87. The summed E-state index contributed by atoms with van der Waals surface area (Å²) in [5.74, 6) is 2.26. The molecule has 0 aromatic carbocycles. The third-order valence-corrected chi connectivity index (χ3v) is 2.77. The fourth-order valence-electron chi connectivity index (χ4n) is 1.67. The molecule has 1 aromatic rings. The maximum absolute atomic E-state index is 5.89. The van der Waals surface area contributed by atoms with E-state index in [9.17, 15) is 0 Å². The first-order valence-corrected chi connectivity index (χ1v) is 6.54. The van der Waals surface area contributed by atoms with Crippen molar-refractivity contribution in [3.63, 3.8) is 0 Å². The Balaban J connectivity index is 2.57. The lowest BCUT2D eigenvalue weighted by molar-refractivity contribution is 0.194. The van der Waals surface area contributed by atoms with Gasteiger partial charge in [0.15, 0.2) is 0 Å². The molecule has 0 unspecified atom stereocenters. The van der Waals surface area contributed by atoms with Crippen LogP contribution in [0.2, 0.25) is 0 Å². The Morgan fingerprint density at radius 1 is 1.28 bits per heavy atom. The van der Waals surface area contributed by atoms with E-state index < -0.39 is 0 Å².